The number of amides is 1. The molecule has 35 heavy (non-hydrogen) atoms. The first-order chi connectivity index (χ1) is 16.8. The van der Waals surface area contributed by atoms with Gasteiger partial charge in [0.1, 0.15) is 0 Å². The third kappa shape index (κ3) is 4.71. The molecule has 9 nitrogen and oxygen atoms in total. The summed E-state index contributed by atoms with van der Waals surface area (Å²) in [5, 5.41) is 3.33. The number of hydrogen-bond acceptors (Lipinski definition) is 7. The van der Waals surface area contributed by atoms with Gasteiger partial charge in [0.05, 0.1) is 17.2 Å². The smallest absolute Gasteiger partial charge is 0.264 e. The van der Waals surface area contributed by atoms with Crippen LogP contribution >= 0.6 is 0 Å². The highest BCUT2D eigenvalue weighted by Crippen LogP contribution is 2.30. The molecule has 3 aromatic rings. The molecule has 182 valence electrons. The SMILES string of the molecule is Cc1cccc(C)c1-c1cc2nc(n1)NS(=O)(=O)c1cccc(c1)C(=O)N1CCNC[C@@H]1CCO2. The summed E-state index contributed by atoms with van der Waals surface area (Å²) < 4.78 is 35.0. The van der Waals surface area contributed by atoms with Crippen LogP contribution in [0.1, 0.15) is 27.9 Å². The fourth-order valence-corrected chi connectivity index (χ4v) is 5.61. The molecule has 0 spiro atoms. The van der Waals surface area contributed by atoms with Gasteiger partial charge in [-0.25, -0.2) is 18.1 Å². The Bertz CT molecular complexity index is 1370. The van der Waals surface area contributed by atoms with Crippen molar-refractivity contribution < 1.29 is 17.9 Å². The maximum Gasteiger partial charge on any atom is 0.264 e. The van der Waals surface area contributed by atoms with E-state index in [0.717, 1.165) is 16.7 Å². The lowest BCUT2D eigenvalue weighted by atomic mass is 10.00. The zero-order chi connectivity index (χ0) is 24.6. The average molecular weight is 494 g/mol. The molecule has 2 aliphatic rings. The predicted octanol–water partition coefficient (Wildman–Crippen LogP) is 2.76. The number of sulfonamides is 1. The molecule has 4 bridgehead atoms. The normalized spacial score (nSPS) is 19.7. The number of carbonyl (C=O) groups is 1. The topological polar surface area (TPSA) is 114 Å². The van der Waals surface area contributed by atoms with Gasteiger partial charge in [0.15, 0.2) is 0 Å². The molecule has 1 saturated heterocycles. The third-order valence-corrected chi connectivity index (χ3v) is 7.69. The van der Waals surface area contributed by atoms with Gasteiger partial charge in [-0.05, 0) is 43.2 Å². The van der Waals surface area contributed by atoms with E-state index in [1.54, 1.807) is 23.1 Å². The lowest BCUT2D eigenvalue weighted by Crippen LogP contribution is -2.54. The van der Waals surface area contributed by atoms with Crippen LogP contribution in [-0.4, -0.2) is 61.5 Å². The van der Waals surface area contributed by atoms with Gasteiger partial charge in [-0.3, -0.25) is 4.79 Å². The number of carbonyl (C=O) groups excluding carboxylic acids is 1. The fraction of sp³-hybridized carbons (Fsp3) is 0.320. The highest BCUT2D eigenvalue weighted by molar-refractivity contribution is 7.92. The minimum atomic E-state index is -4.05. The van der Waals surface area contributed by atoms with Crippen molar-refractivity contribution in [3.63, 3.8) is 0 Å². The summed E-state index contributed by atoms with van der Waals surface area (Å²) in [7, 11) is -4.05. The van der Waals surface area contributed by atoms with E-state index in [4.69, 9.17) is 4.74 Å². The maximum atomic E-state index is 13.3. The Morgan fingerprint density at radius 2 is 1.83 bits per heavy atom. The quantitative estimate of drug-likeness (QED) is 0.536. The van der Waals surface area contributed by atoms with Gasteiger partial charge < -0.3 is 15.0 Å². The van der Waals surface area contributed by atoms with Gasteiger partial charge in [-0.15, -0.1) is 0 Å². The van der Waals surface area contributed by atoms with Crippen molar-refractivity contribution in [2.75, 3.05) is 31.0 Å². The van der Waals surface area contributed by atoms with Gasteiger partial charge in [0.25, 0.3) is 15.9 Å². The van der Waals surface area contributed by atoms with E-state index < -0.39 is 10.0 Å². The number of benzene rings is 2. The van der Waals surface area contributed by atoms with Crippen LogP contribution in [0.5, 0.6) is 5.88 Å². The number of nitrogens with zero attached hydrogens (tertiary/aromatic N) is 3. The number of fused-ring (bicyclic) bond motifs is 5. The van der Waals surface area contributed by atoms with Crippen LogP contribution in [0.4, 0.5) is 5.95 Å². The summed E-state index contributed by atoms with van der Waals surface area (Å²) in [5.74, 6) is -0.0181. The molecule has 1 atom stereocenters. The number of ether oxygens (including phenoxy) is 1. The number of hydrogen-bond donors (Lipinski definition) is 2. The van der Waals surface area contributed by atoms with Gasteiger partial charge in [0.2, 0.25) is 11.8 Å². The van der Waals surface area contributed by atoms with E-state index in [-0.39, 0.29) is 28.7 Å². The second kappa shape index (κ2) is 9.27. The summed E-state index contributed by atoms with van der Waals surface area (Å²) in [4.78, 5) is 23.9. The first-order valence-electron chi connectivity index (χ1n) is 11.5. The van der Waals surface area contributed by atoms with E-state index in [1.165, 1.54) is 12.1 Å². The van der Waals surface area contributed by atoms with Crippen LogP contribution in [-0.2, 0) is 10.0 Å². The van der Waals surface area contributed by atoms with Gasteiger partial charge in [-0.1, -0.05) is 24.3 Å². The highest BCUT2D eigenvalue weighted by Gasteiger charge is 2.29. The monoisotopic (exact) mass is 493 g/mol. The molecule has 2 N–H and O–H groups in total. The number of anilines is 1. The number of aromatic nitrogens is 2. The highest BCUT2D eigenvalue weighted by atomic mass is 32.2. The average Bonchev–Trinajstić information content (AvgIpc) is 2.83. The summed E-state index contributed by atoms with van der Waals surface area (Å²) in [6.45, 7) is 6.12. The van der Waals surface area contributed by atoms with E-state index in [0.29, 0.717) is 43.9 Å². The van der Waals surface area contributed by atoms with Gasteiger partial charge in [-0.2, -0.15) is 4.98 Å². The first kappa shape index (κ1) is 23.3. The molecule has 1 amide bonds. The standard InChI is InChI=1S/C25H27N5O4S/c1-16-5-3-6-17(2)23(16)21-14-22-28-25(27-21)29-35(32,33)20-8-4-7-18(13-20)24(31)30-11-10-26-15-19(30)9-12-34-22/h3-8,13-14,19,26H,9-12,15H2,1-2H3,(H,27,28,29)/t19-/m0/s1. The molecule has 1 fully saturated rings. The van der Waals surface area contributed by atoms with Crippen LogP contribution in [0.25, 0.3) is 11.3 Å². The Kier molecular flexibility index (Phi) is 6.16. The molecule has 10 heteroatoms. The fourth-order valence-electron chi connectivity index (χ4n) is 4.62. The number of nitrogens with one attached hydrogen (secondary N) is 2. The lowest BCUT2D eigenvalue weighted by molar-refractivity contribution is 0.0605. The molecule has 0 aliphatic carbocycles. The van der Waals surface area contributed by atoms with E-state index in [2.05, 4.69) is 20.0 Å². The molecule has 0 unspecified atom stereocenters. The van der Waals surface area contributed by atoms with Crippen LogP contribution in [0.3, 0.4) is 0 Å². The maximum absolute atomic E-state index is 13.3. The lowest BCUT2D eigenvalue weighted by Gasteiger charge is -2.36. The van der Waals surface area contributed by atoms with Crippen molar-refractivity contribution in [1.29, 1.82) is 0 Å². The molecule has 2 aromatic carbocycles. The largest absolute Gasteiger partial charge is 0.477 e. The zero-order valence-corrected chi connectivity index (χ0v) is 20.4. The van der Waals surface area contributed by atoms with E-state index in [9.17, 15) is 13.2 Å². The second-order valence-electron chi connectivity index (χ2n) is 8.81. The second-order valence-corrected chi connectivity index (χ2v) is 10.5. The number of rotatable bonds is 1. The van der Waals surface area contributed by atoms with Crippen molar-refractivity contribution in [3.05, 3.63) is 65.2 Å². The molecule has 0 radical (unpaired) electrons. The minimum Gasteiger partial charge on any atom is -0.477 e. The van der Waals surface area contributed by atoms with Crippen molar-refractivity contribution >= 4 is 21.9 Å². The molecular weight excluding hydrogens is 466 g/mol. The summed E-state index contributed by atoms with van der Waals surface area (Å²) in [6, 6.07) is 13.6. The Balaban J connectivity index is 1.62. The molecule has 5 rings (SSSR count). The van der Waals surface area contributed by atoms with Crippen molar-refractivity contribution in [2.24, 2.45) is 0 Å². The van der Waals surface area contributed by atoms with Crippen molar-refractivity contribution in [1.82, 2.24) is 20.2 Å². The van der Waals surface area contributed by atoms with Crippen LogP contribution in [0, 0.1) is 13.8 Å². The van der Waals surface area contributed by atoms with E-state index in [1.807, 2.05) is 32.0 Å². The van der Waals surface area contributed by atoms with E-state index >= 15 is 0 Å². The van der Waals surface area contributed by atoms with Crippen LogP contribution in [0.15, 0.2) is 53.4 Å². The summed E-state index contributed by atoms with van der Waals surface area (Å²) in [6.07, 6.45) is 0.599. The van der Waals surface area contributed by atoms with Gasteiger partial charge in [0, 0.05) is 49.3 Å². The Hall–Kier alpha value is -3.50. The summed E-state index contributed by atoms with van der Waals surface area (Å²) in [5.41, 5.74) is 3.81. The Morgan fingerprint density at radius 3 is 2.63 bits per heavy atom. The summed E-state index contributed by atoms with van der Waals surface area (Å²) >= 11 is 0. The predicted molar refractivity (Wildman–Crippen MR) is 132 cm³/mol. The van der Waals surface area contributed by atoms with Crippen molar-refractivity contribution in [3.8, 4) is 17.1 Å². The number of aryl methyl sites for hydroxylation is 2. The number of piperazine rings is 1. The first-order valence-corrected chi connectivity index (χ1v) is 13.0. The minimum absolute atomic E-state index is 0.0318. The molecular formula is C25H27N5O4S. The van der Waals surface area contributed by atoms with Crippen LogP contribution in [0.2, 0.25) is 0 Å². The Morgan fingerprint density at radius 1 is 1.06 bits per heavy atom. The molecule has 2 aliphatic heterocycles. The van der Waals surface area contributed by atoms with Gasteiger partial charge >= 0.3 is 0 Å². The molecule has 0 saturated carbocycles. The zero-order valence-electron chi connectivity index (χ0n) is 19.6. The molecule has 3 heterocycles. The Labute approximate surface area is 204 Å². The molecule has 1 aromatic heterocycles. The third-order valence-electron chi connectivity index (χ3n) is 6.37. The van der Waals surface area contributed by atoms with Crippen molar-refractivity contribution in [2.45, 2.75) is 31.2 Å². The van der Waals surface area contributed by atoms with Crippen LogP contribution < -0.4 is 14.8 Å².